The number of benzene rings is 6. The van der Waals surface area contributed by atoms with E-state index in [2.05, 4.69) is 47.0 Å². The summed E-state index contributed by atoms with van der Waals surface area (Å²) >= 11 is 2.50. The molecule has 65 heavy (non-hydrogen) atoms. The second-order valence-corrected chi connectivity index (χ2v) is 17.0. The van der Waals surface area contributed by atoms with Crippen LogP contribution in [0.25, 0.3) is 0 Å². The van der Waals surface area contributed by atoms with Crippen LogP contribution in [0, 0.1) is 0 Å². The van der Waals surface area contributed by atoms with Crippen molar-refractivity contribution in [2.45, 2.75) is 22.6 Å². The van der Waals surface area contributed by atoms with E-state index in [1.807, 2.05) is 146 Å². The molecular formula is C51H40N5NaO6S2. The average molecular weight is 906 g/mol. The number of β-lactam (4-membered cyclic amide) rings is 1. The van der Waals surface area contributed by atoms with Gasteiger partial charge in [-0.05, 0) is 22.3 Å². The molecule has 7 aromatic rings. The number of amides is 2. The van der Waals surface area contributed by atoms with Crippen molar-refractivity contribution in [1.29, 1.82) is 0 Å². The molecule has 0 radical (unpaired) electrons. The van der Waals surface area contributed by atoms with Gasteiger partial charge in [0.15, 0.2) is 10.8 Å². The number of anilines is 1. The summed E-state index contributed by atoms with van der Waals surface area (Å²) in [6.07, 6.45) is 0. The molecule has 0 unspecified atom stereocenters. The molecule has 11 nitrogen and oxygen atoms in total. The first-order valence-corrected chi connectivity index (χ1v) is 22.4. The molecule has 9 rings (SSSR count). The molecule has 1 saturated heterocycles. The number of nitrogens with one attached hydrogen (secondary N) is 2. The molecule has 2 atom stereocenters. The van der Waals surface area contributed by atoms with Crippen LogP contribution in [0.4, 0.5) is 5.13 Å². The van der Waals surface area contributed by atoms with Crippen LogP contribution in [-0.4, -0.2) is 62.3 Å². The Labute approximate surface area is 406 Å². The zero-order chi connectivity index (χ0) is 44.1. The van der Waals surface area contributed by atoms with Crippen LogP contribution < -0.4 is 45.3 Å². The Morgan fingerprint density at radius 3 is 1.57 bits per heavy atom. The van der Waals surface area contributed by atoms with Gasteiger partial charge in [0, 0.05) is 27.8 Å². The number of oxime groups is 1. The van der Waals surface area contributed by atoms with Crippen LogP contribution >= 0.6 is 23.1 Å². The van der Waals surface area contributed by atoms with Gasteiger partial charge in [-0.1, -0.05) is 187 Å². The molecule has 3 heterocycles. The maximum atomic E-state index is 14.8. The Balaban J connectivity index is 0.00000576. The number of carboxylic acid groups (broad SMARTS) is 1. The molecular weight excluding hydrogens is 866 g/mol. The maximum Gasteiger partial charge on any atom is 1.00 e. The third-order valence-corrected chi connectivity index (χ3v) is 13.5. The van der Waals surface area contributed by atoms with Gasteiger partial charge in [-0.25, -0.2) is 4.98 Å². The largest absolute Gasteiger partial charge is 1.00 e. The van der Waals surface area contributed by atoms with E-state index in [1.165, 1.54) is 23.1 Å². The van der Waals surface area contributed by atoms with Crippen molar-refractivity contribution < 1.29 is 59.0 Å². The first-order valence-electron chi connectivity index (χ1n) is 20.5. The molecule has 3 N–H and O–H groups in total. The van der Waals surface area contributed by atoms with E-state index in [1.54, 1.807) is 5.38 Å². The van der Waals surface area contributed by atoms with Gasteiger partial charge >= 0.3 is 29.6 Å². The normalized spacial score (nSPS) is 16.1. The minimum absolute atomic E-state index is 0. The van der Waals surface area contributed by atoms with Crippen molar-refractivity contribution >= 4 is 51.7 Å². The zero-order valence-electron chi connectivity index (χ0n) is 35.1. The van der Waals surface area contributed by atoms with Crippen LogP contribution in [0.5, 0.6) is 0 Å². The van der Waals surface area contributed by atoms with Crippen LogP contribution in [0.3, 0.4) is 0 Å². The molecule has 2 aliphatic rings. The number of aliphatic hydroxyl groups is 1. The number of carbonyl (C=O) groups is 3. The number of aliphatic carboxylic acids is 1. The molecule has 1 aromatic heterocycles. The fraction of sp³-hybridized carbons (Fsp3) is 0.118. The minimum Gasteiger partial charge on any atom is -0.543 e. The molecule has 2 amide bonds. The topological polar surface area (TPSA) is 156 Å². The predicted molar refractivity (Wildman–Crippen MR) is 246 cm³/mol. The van der Waals surface area contributed by atoms with Gasteiger partial charge in [-0.2, -0.15) is 0 Å². The maximum absolute atomic E-state index is 14.8. The average Bonchev–Trinajstić information content (AvgIpc) is 3.82. The number of nitrogens with zero attached hydrogens (tertiary/aromatic N) is 3. The second-order valence-electron chi connectivity index (χ2n) is 15.1. The molecule has 0 bridgehead atoms. The van der Waals surface area contributed by atoms with E-state index in [0.717, 1.165) is 38.3 Å². The Bertz CT molecular complexity index is 2640. The quantitative estimate of drug-likeness (QED) is 0.0460. The summed E-state index contributed by atoms with van der Waals surface area (Å²) in [6, 6.07) is 57.7. The minimum atomic E-state index is -1.58. The van der Waals surface area contributed by atoms with E-state index in [9.17, 15) is 24.6 Å². The standard InChI is InChI=1S/C51H41N5O6S2.Na/c57-31-34-32-63-47-43(46(59)56(47)44(34)48(60)61)53-45(58)42(55-62-51(38-25-13-4-14-26-38,39-27-15-5-16-28-39)40-29-17-6-18-30-40)41-33-64-49(52-41)54-50(35-19-7-1-8-20-35,36-21-9-2-10-22-36)37-23-11-3-12-24-37;/h1-30,33,43,47,57H,31-32H2,(H,52,54)(H,53,58)(H,60,61);/q;+1/p-1/b55-42-;/t43-,47+;/m1./s1. The number of aromatic nitrogens is 1. The van der Waals surface area contributed by atoms with Crippen molar-refractivity contribution in [3.05, 3.63) is 238 Å². The third-order valence-electron chi connectivity index (χ3n) is 11.4. The van der Waals surface area contributed by atoms with Crippen LogP contribution in [-0.2, 0) is 30.4 Å². The van der Waals surface area contributed by atoms with Gasteiger partial charge < -0.3 is 30.5 Å². The molecule has 0 aliphatic carbocycles. The Morgan fingerprint density at radius 1 is 0.723 bits per heavy atom. The molecule has 1 fully saturated rings. The molecule has 0 saturated carbocycles. The molecule has 6 aromatic carbocycles. The number of aliphatic hydroxyl groups excluding tert-OH is 1. The number of fused-ring (bicyclic) bond motifs is 1. The summed E-state index contributed by atoms with van der Waals surface area (Å²) in [5.41, 5.74) is 2.47. The van der Waals surface area contributed by atoms with E-state index < -0.39 is 46.9 Å². The second kappa shape index (κ2) is 19.8. The SMILES string of the molecule is O=C([O-])C1=C(CO)CS[C@H]2[C@H](NC(=O)/C(=N\OC(c3ccccc3)(c3ccccc3)c3ccccc3)c3csc(NC(c4ccccc4)(c4ccccc4)c4ccccc4)n3)C(=O)N12.[Na+]. The first kappa shape index (κ1) is 45.3. The third kappa shape index (κ3) is 8.54. The monoisotopic (exact) mass is 905 g/mol. The number of thioether (sulfide) groups is 1. The summed E-state index contributed by atoms with van der Waals surface area (Å²) < 4.78 is 0. The number of carbonyl (C=O) groups excluding carboxylic acids is 3. The van der Waals surface area contributed by atoms with Crippen LogP contribution in [0.2, 0.25) is 0 Å². The Morgan fingerprint density at radius 2 is 1.15 bits per heavy atom. The number of rotatable bonds is 15. The van der Waals surface area contributed by atoms with Crippen molar-refractivity contribution in [1.82, 2.24) is 15.2 Å². The van der Waals surface area contributed by atoms with Crippen molar-refractivity contribution in [3.8, 4) is 0 Å². The van der Waals surface area contributed by atoms with Gasteiger partial charge in [0.1, 0.15) is 22.6 Å². The summed E-state index contributed by atoms with van der Waals surface area (Å²) in [6.45, 7) is -0.551. The first-order chi connectivity index (χ1) is 31.3. The molecule has 318 valence electrons. The molecule has 2 aliphatic heterocycles. The summed E-state index contributed by atoms with van der Waals surface area (Å²) in [5.74, 6) is -2.89. The van der Waals surface area contributed by atoms with Crippen LogP contribution in [0.15, 0.2) is 204 Å². The summed E-state index contributed by atoms with van der Waals surface area (Å²) in [4.78, 5) is 53.6. The molecule has 0 spiro atoms. The van der Waals surface area contributed by atoms with Gasteiger partial charge in [0.25, 0.3) is 11.8 Å². The summed E-state index contributed by atoms with van der Waals surface area (Å²) in [5, 5.41) is 34.8. The van der Waals surface area contributed by atoms with E-state index in [4.69, 9.17) is 15.0 Å². The van der Waals surface area contributed by atoms with E-state index in [0.29, 0.717) is 5.13 Å². The fourth-order valence-corrected chi connectivity index (χ4v) is 10.5. The number of carboxylic acids is 1. The van der Waals surface area contributed by atoms with E-state index >= 15 is 0 Å². The van der Waals surface area contributed by atoms with Crippen LogP contribution in [0.1, 0.15) is 39.1 Å². The smallest absolute Gasteiger partial charge is 0.543 e. The molecule has 14 heteroatoms. The van der Waals surface area contributed by atoms with Crippen molar-refractivity contribution in [3.63, 3.8) is 0 Å². The van der Waals surface area contributed by atoms with Gasteiger partial charge in [-0.3, -0.25) is 14.5 Å². The van der Waals surface area contributed by atoms with E-state index in [-0.39, 0.29) is 58.0 Å². The fourth-order valence-electron chi connectivity index (χ4n) is 8.38. The number of hydrogen-bond donors (Lipinski definition) is 3. The zero-order valence-corrected chi connectivity index (χ0v) is 38.7. The number of hydrogen-bond acceptors (Lipinski definition) is 11. The Kier molecular flexibility index (Phi) is 13.8. The Hall–Kier alpha value is -6.32. The van der Waals surface area contributed by atoms with Gasteiger partial charge in [0.05, 0.1) is 18.3 Å². The number of thiazole rings is 1. The van der Waals surface area contributed by atoms with Gasteiger partial charge in [0.2, 0.25) is 5.60 Å². The van der Waals surface area contributed by atoms with Crippen molar-refractivity contribution in [2.75, 3.05) is 17.7 Å². The summed E-state index contributed by atoms with van der Waals surface area (Å²) in [7, 11) is 0. The predicted octanol–water partition coefficient (Wildman–Crippen LogP) is 3.66. The van der Waals surface area contributed by atoms with Crippen molar-refractivity contribution in [2.24, 2.45) is 5.16 Å². The van der Waals surface area contributed by atoms with Gasteiger partial charge in [-0.15, -0.1) is 23.1 Å².